The molecule has 0 saturated carbocycles. The molecule has 342 valence electrons. The summed E-state index contributed by atoms with van der Waals surface area (Å²) in [4.78, 5) is 47.2. The Morgan fingerprint density at radius 3 is 1.80 bits per heavy atom. The lowest BCUT2D eigenvalue weighted by Gasteiger charge is -2.20. The van der Waals surface area contributed by atoms with Gasteiger partial charge in [-0.3, -0.25) is 23.4 Å². The quantitative estimate of drug-likeness (QED) is 0.0134. The van der Waals surface area contributed by atoms with Crippen molar-refractivity contribution in [1.29, 1.82) is 0 Å². The van der Waals surface area contributed by atoms with E-state index in [1.807, 2.05) is 12.2 Å². The highest BCUT2D eigenvalue weighted by Crippen LogP contribution is 2.43. The van der Waals surface area contributed by atoms with Crippen LogP contribution in [0.1, 0.15) is 188 Å². The van der Waals surface area contributed by atoms with Crippen molar-refractivity contribution in [2.45, 2.75) is 200 Å². The number of phosphoric acid groups is 1. The van der Waals surface area contributed by atoms with Gasteiger partial charge in [0, 0.05) is 19.3 Å². The van der Waals surface area contributed by atoms with Crippen LogP contribution in [0.2, 0.25) is 0 Å². The third-order valence-corrected chi connectivity index (χ3v) is 11.0. The second-order valence-corrected chi connectivity index (χ2v) is 17.2. The highest BCUT2D eigenvalue weighted by molar-refractivity contribution is 7.47. The van der Waals surface area contributed by atoms with E-state index in [1.165, 1.54) is 102 Å². The zero-order valence-electron chi connectivity index (χ0n) is 37.1. The van der Waals surface area contributed by atoms with E-state index in [2.05, 4.69) is 49.6 Å². The molecular formula is C47H83O11P. The van der Waals surface area contributed by atoms with Gasteiger partial charge in [0.2, 0.25) is 0 Å². The highest BCUT2D eigenvalue weighted by atomic mass is 31.2. The normalized spacial score (nSPS) is 14.7. The van der Waals surface area contributed by atoms with Gasteiger partial charge in [0.15, 0.2) is 11.9 Å². The maximum Gasteiger partial charge on any atom is 0.472 e. The maximum absolute atomic E-state index is 12.6. The second-order valence-electron chi connectivity index (χ2n) is 15.7. The Hall–Kier alpha value is -2.40. The number of ketones is 1. The minimum absolute atomic E-state index is 0.0474. The van der Waals surface area contributed by atoms with Crippen molar-refractivity contribution >= 4 is 25.5 Å². The monoisotopic (exact) mass is 855 g/mol. The van der Waals surface area contributed by atoms with E-state index in [0.29, 0.717) is 6.42 Å². The second kappa shape index (κ2) is 41.0. The molecule has 0 aliphatic rings. The molecule has 59 heavy (non-hydrogen) atoms. The molecule has 0 aliphatic heterocycles. The van der Waals surface area contributed by atoms with Crippen molar-refractivity contribution in [2.24, 2.45) is 5.92 Å². The average Bonchev–Trinajstić information content (AvgIpc) is 3.22. The van der Waals surface area contributed by atoms with Gasteiger partial charge in [-0.2, -0.15) is 0 Å². The fourth-order valence-corrected chi connectivity index (χ4v) is 6.83. The number of hydrogen-bond donors (Lipinski definition) is 3. The van der Waals surface area contributed by atoms with E-state index in [9.17, 15) is 28.9 Å². The van der Waals surface area contributed by atoms with Gasteiger partial charge < -0.3 is 24.6 Å². The molecule has 2 unspecified atom stereocenters. The van der Waals surface area contributed by atoms with Gasteiger partial charge in [-0.05, 0) is 50.5 Å². The number of phosphoric ester groups is 1. The van der Waals surface area contributed by atoms with Crippen molar-refractivity contribution in [2.75, 3.05) is 26.4 Å². The van der Waals surface area contributed by atoms with Crippen LogP contribution in [0.15, 0.2) is 48.6 Å². The molecule has 0 rings (SSSR count). The number of aliphatic hydroxyl groups is 2. The summed E-state index contributed by atoms with van der Waals surface area (Å²) in [5, 5.41) is 18.3. The molecule has 4 atom stereocenters. The Morgan fingerprint density at radius 2 is 1.19 bits per heavy atom. The van der Waals surface area contributed by atoms with Crippen LogP contribution in [0, 0.1) is 5.92 Å². The van der Waals surface area contributed by atoms with Gasteiger partial charge in [0.25, 0.3) is 0 Å². The van der Waals surface area contributed by atoms with Crippen molar-refractivity contribution in [3.05, 3.63) is 48.6 Å². The highest BCUT2D eigenvalue weighted by Gasteiger charge is 2.27. The minimum atomic E-state index is -4.67. The van der Waals surface area contributed by atoms with Gasteiger partial charge in [-0.25, -0.2) is 4.57 Å². The van der Waals surface area contributed by atoms with Crippen LogP contribution in [0.3, 0.4) is 0 Å². The lowest BCUT2D eigenvalue weighted by molar-refractivity contribution is -0.161. The molecule has 0 saturated heterocycles. The summed E-state index contributed by atoms with van der Waals surface area (Å²) in [5.74, 6) is -0.443. The molecule has 11 nitrogen and oxygen atoms in total. The van der Waals surface area contributed by atoms with E-state index in [4.69, 9.17) is 19.1 Å². The van der Waals surface area contributed by atoms with Crippen LogP contribution in [-0.4, -0.2) is 71.5 Å². The fourth-order valence-electron chi connectivity index (χ4n) is 6.04. The first kappa shape index (κ1) is 56.6. The van der Waals surface area contributed by atoms with Gasteiger partial charge in [-0.15, -0.1) is 0 Å². The summed E-state index contributed by atoms with van der Waals surface area (Å²) in [6.07, 6.45) is 39.3. The third kappa shape index (κ3) is 40.8. The lowest BCUT2D eigenvalue weighted by Crippen LogP contribution is -2.29. The summed E-state index contributed by atoms with van der Waals surface area (Å²) >= 11 is 0. The predicted octanol–water partition coefficient (Wildman–Crippen LogP) is 11.5. The first-order valence-electron chi connectivity index (χ1n) is 22.9. The van der Waals surface area contributed by atoms with Crippen molar-refractivity contribution in [3.63, 3.8) is 0 Å². The Morgan fingerprint density at radius 1 is 0.627 bits per heavy atom. The first-order valence-corrected chi connectivity index (χ1v) is 24.4. The Bertz CT molecular complexity index is 1200. The Balaban J connectivity index is 4.44. The van der Waals surface area contributed by atoms with E-state index >= 15 is 0 Å². The molecule has 0 aromatic carbocycles. The molecule has 0 heterocycles. The van der Waals surface area contributed by atoms with Crippen LogP contribution in [0.5, 0.6) is 0 Å². The number of hydrogen-bond acceptors (Lipinski definition) is 10. The van der Waals surface area contributed by atoms with Crippen LogP contribution in [0.25, 0.3) is 0 Å². The number of carbonyl (C=O) groups is 3. The van der Waals surface area contributed by atoms with E-state index in [0.717, 1.165) is 44.4 Å². The minimum Gasteiger partial charge on any atom is -0.462 e. The maximum atomic E-state index is 12.6. The molecular weight excluding hydrogens is 771 g/mol. The smallest absolute Gasteiger partial charge is 0.462 e. The van der Waals surface area contributed by atoms with Crippen molar-refractivity contribution < 1.29 is 52.6 Å². The average molecular weight is 855 g/mol. The van der Waals surface area contributed by atoms with Gasteiger partial charge in [0.1, 0.15) is 12.7 Å². The molecule has 3 N–H and O–H groups in total. The Labute approximate surface area is 358 Å². The fraction of sp³-hybridized carbons (Fsp3) is 0.766. The SMILES string of the molecule is CCCCC/C=C\C/C=C\C/C=C\C=C\C(=O)CCCC(=O)OC[C@H](COP(=O)(O)OC[C@@H](O)CO)OC(=O)CCCCCCCCCCCCCCCCC(C)CC. The standard InChI is InChI=1S/C47H83O11P/c1-4-6-7-8-9-10-11-14-18-21-24-27-30-34-43(49)35-32-37-46(51)55-40-45(41-57-59(53,54)56-39-44(50)38-48)58-47(52)36-31-28-25-22-19-16-13-12-15-17-20-23-26-29-33-42(3)5-2/h9-10,14,18,24,27,30,34,42,44-45,48,50H,4-8,11-13,15-17,19-23,25-26,28-29,31-33,35-41H2,1-3H3,(H,53,54)/b10-9-,18-14-,27-24-,34-30+/t42?,44-,45+/m0/s1. The number of aliphatic hydroxyl groups excluding tert-OH is 2. The van der Waals surface area contributed by atoms with E-state index in [1.54, 1.807) is 6.08 Å². The van der Waals surface area contributed by atoms with Crippen LogP contribution >= 0.6 is 7.82 Å². The van der Waals surface area contributed by atoms with Gasteiger partial charge in [0.05, 0.1) is 19.8 Å². The van der Waals surface area contributed by atoms with Crippen molar-refractivity contribution in [3.8, 4) is 0 Å². The zero-order chi connectivity index (χ0) is 43.7. The number of allylic oxidation sites excluding steroid dienone is 8. The number of unbranched alkanes of at least 4 members (excludes halogenated alkanes) is 16. The Kier molecular flexibility index (Phi) is 39.3. The molecule has 0 spiro atoms. The molecule has 0 amide bonds. The number of rotatable bonds is 42. The first-order chi connectivity index (χ1) is 28.5. The van der Waals surface area contributed by atoms with E-state index in [-0.39, 0.29) is 31.5 Å². The molecule has 0 fully saturated rings. The van der Waals surface area contributed by atoms with Crippen LogP contribution in [0.4, 0.5) is 0 Å². The molecule has 0 bridgehead atoms. The van der Waals surface area contributed by atoms with E-state index < -0.39 is 58.4 Å². The number of ether oxygens (including phenoxy) is 2. The summed E-state index contributed by atoms with van der Waals surface area (Å²) in [6.45, 7) is 4.45. The predicted molar refractivity (Wildman–Crippen MR) is 238 cm³/mol. The topological polar surface area (TPSA) is 166 Å². The largest absolute Gasteiger partial charge is 0.472 e. The van der Waals surface area contributed by atoms with Crippen molar-refractivity contribution in [1.82, 2.24) is 0 Å². The lowest BCUT2D eigenvalue weighted by atomic mass is 9.99. The number of carbonyl (C=O) groups excluding carboxylic acids is 3. The molecule has 0 aromatic heterocycles. The zero-order valence-corrected chi connectivity index (χ0v) is 38.0. The third-order valence-electron chi connectivity index (χ3n) is 10.0. The van der Waals surface area contributed by atoms with Gasteiger partial charge in [-0.1, -0.05) is 172 Å². The molecule has 0 radical (unpaired) electrons. The summed E-state index contributed by atoms with van der Waals surface area (Å²) < 4.78 is 32.6. The van der Waals surface area contributed by atoms with Crippen LogP contribution < -0.4 is 0 Å². The number of esters is 2. The summed E-state index contributed by atoms with van der Waals surface area (Å²) in [6, 6.07) is 0. The van der Waals surface area contributed by atoms with Gasteiger partial charge >= 0.3 is 19.8 Å². The van der Waals surface area contributed by atoms with Crippen LogP contribution in [-0.2, 0) is 37.5 Å². The summed E-state index contributed by atoms with van der Waals surface area (Å²) in [7, 11) is -4.67. The molecule has 0 aromatic rings. The molecule has 0 aliphatic carbocycles. The molecule has 12 heteroatoms. The summed E-state index contributed by atoms with van der Waals surface area (Å²) in [5.41, 5.74) is 0.